The van der Waals surface area contributed by atoms with Crippen LogP contribution in [0.2, 0.25) is 5.02 Å². The van der Waals surface area contributed by atoms with Gasteiger partial charge in [0, 0.05) is 17.1 Å². The van der Waals surface area contributed by atoms with Crippen LogP contribution in [0, 0.1) is 0 Å². The zero-order chi connectivity index (χ0) is 18.4. The fourth-order valence-electron chi connectivity index (χ4n) is 2.21. The second kappa shape index (κ2) is 8.22. The van der Waals surface area contributed by atoms with Crippen LogP contribution in [0.15, 0.2) is 48.5 Å². The molecular formula is C17H19ClN2O4S. The van der Waals surface area contributed by atoms with Gasteiger partial charge >= 0.3 is 0 Å². The zero-order valence-corrected chi connectivity index (χ0v) is 15.5. The Hall–Kier alpha value is -2.25. The number of rotatable bonds is 7. The fraction of sp³-hybridized carbons (Fsp3) is 0.235. The van der Waals surface area contributed by atoms with Crippen LogP contribution in [0.3, 0.4) is 0 Å². The third-order valence-electron chi connectivity index (χ3n) is 3.47. The Morgan fingerprint density at radius 2 is 1.72 bits per heavy atom. The summed E-state index contributed by atoms with van der Waals surface area (Å²) in [5, 5.41) is 3.23. The van der Waals surface area contributed by atoms with Crippen LogP contribution >= 0.6 is 11.6 Å². The first-order valence-electron chi connectivity index (χ1n) is 7.47. The maximum absolute atomic E-state index is 12.1. The Morgan fingerprint density at radius 3 is 2.24 bits per heavy atom. The molecule has 8 heteroatoms. The standard InChI is InChI=1S/C17H19ClN2O4S/c1-24-16-9-3-13(4-10-16)17(21)19-11-12-20(25(2,22)23)15-7-5-14(18)6-8-15/h3-10H,11-12H2,1-2H3,(H,19,21). The Morgan fingerprint density at radius 1 is 1.12 bits per heavy atom. The van der Waals surface area contributed by atoms with Gasteiger partial charge in [-0.15, -0.1) is 0 Å². The number of halogens is 1. The van der Waals surface area contributed by atoms with Crippen LogP contribution in [0.5, 0.6) is 5.75 Å². The molecule has 134 valence electrons. The molecule has 0 saturated carbocycles. The zero-order valence-electron chi connectivity index (χ0n) is 13.9. The topological polar surface area (TPSA) is 75.7 Å². The summed E-state index contributed by atoms with van der Waals surface area (Å²) in [5.41, 5.74) is 0.962. The van der Waals surface area contributed by atoms with Crippen molar-refractivity contribution in [1.29, 1.82) is 0 Å². The third kappa shape index (κ3) is 5.37. The highest BCUT2D eigenvalue weighted by Crippen LogP contribution is 2.20. The Kier molecular flexibility index (Phi) is 6.27. The Balaban J connectivity index is 2.01. The summed E-state index contributed by atoms with van der Waals surface area (Å²) < 4.78 is 30.3. The van der Waals surface area contributed by atoms with Crippen LogP contribution in [0.4, 0.5) is 5.69 Å². The molecule has 0 aromatic heterocycles. The van der Waals surface area contributed by atoms with E-state index in [0.717, 1.165) is 6.26 Å². The summed E-state index contributed by atoms with van der Waals surface area (Å²) in [7, 11) is -1.93. The van der Waals surface area contributed by atoms with E-state index in [0.29, 0.717) is 22.0 Å². The fourth-order valence-corrected chi connectivity index (χ4v) is 3.26. The number of nitrogens with zero attached hydrogens (tertiary/aromatic N) is 1. The molecule has 0 bridgehead atoms. The van der Waals surface area contributed by atoms with E-state index in [1.54, 1.807) is 55.6 Å². The summed E-state index contributed by atoms with van der Waals surface area (Å²) in [5.74, 6) is 0.370. The van der Waals surface area contributed by atoms with E-state index >= 15 is 0 Å². The van der Waals surface area contributed by atoms with Gasteiger partial charge in [0.25, 0.3) is 5.91 Å². The number of benzene rings is 2. The first-order chi connectivity index (χ1) is 11.8. The molecule has 0 spiro atoms. The monoisotopic (exact) mass is 382 g/mol. The van der Waals surface area contributed by atoms with E-state index in [1.165, 1.54) is 4.31 Å². The van der Waals surface area contributed by atoms with Gasteiger partial charge < -0.3 is 10.1 Å². The van der Waals surface area contributed by atoms with Crippen molar-refractivity contribution in [3.63, 3.8) is 0 Å². The predicted molar refractivity (Wildman–Crippen MR) is 99.0 cm³/mol. The van der Waals surface area contributed by atoms with Crippen molar-refractivity contribution in [2.24, 2.45) is 0 Å². The summed E-state index contributed by atoms with van der Waals surface area (Å²) >= 11 is 5.83. The molecule has 0 radical (unpaired) electrons. The largest absolute Gasteiger partial charge is 0.497 e. The highest BCUT2D eigenvalue weighted by molar-refractivity contribution is 7.92. The van der Waals surface area contributed by atoms with Gasteiger partial charge in [-0.05, 0) is 48.5 Å². The summed E-state index contributed by atoms with van der Waals surface area (Å²) in [6.07, 6.45) is 1.12. The lowest BCUT2D eigenvalue weighted by molar-refractivity contribution is 0.0955. The second-order valence-corrected chi connectivity index (χ2v) is 7.64. The molecule has 1 amide bonds. The molecule has 6 nitrogen and oxygen atoms in total. The summed E-state index contributed by atoms with van der Waals surface area (Å²) in [6.45, 7) is 0.281. The smallest absolute Gasteiger partial charge is 0.251 e. The number of ether oxygens (including phenoxy) is 1. The van der Waals surface area contributed by atoms with Gasteiger partial charge in [0.05, 0.1) is 25.6 Å². The Bertz CT molecular complexity index is 821. The highest BCUT2D eigenvalue weighted by atomic mass is 35.5. The average Bonchev–Trinajstić information content (AvgIpc) is 2.58. The molecule has 0 heterocycles. The lowest BCUT2D eigenvalue weighted by Gasteiger charge is -2.22. The normalized spacial score (nSPS) is 11.0. The maximum Gasteiger partial charge on any atom is 0.251 e. The molecule has 2 aromatic rings. The van der Waals surface area contributed by atoms with Gasteiger partial charge in [0.15, 0.2) is 0 Å². The lowest BCUT2D eigenvalue weighted by Crippen LogP contribution is -2.38. The van der Waals surface area contributed by atoms with Crippen LogP contribution in [0.25, 0.3) is 0 Å². The van der Waals surface area contributed by atoms with Crippen LogP contribution < -0.4 is 14.4 Å². The van der Waals surface area contributed by atoms with E-state index in [9.17, 15) is 13.2 Å². The van der Waals surface area contributed by atoms with Crippen molar-refractivity contribution in [2.75, 3.05) is 30.8 Å². The number of amides is 1. The Labute approximate surface area is 152 Å². The minimum atomic E-state index is -3.48. The van der Waals surface area contributed by atoms with Crippen molar-refractivity contribution in [3.05, 3.63) is 59.1 Å². The molecule has 0 fully saturated rings. The van der Waals surface area contributed by atoms with E-state index in [-0.39, 0.29) is 19.0 Å². The molecule has 0 unspecified atom stereocenters. The van der Waals surface area contributed by atoms with Crippen molar-refractivity contribution in [2.45, 2.75) is 0 Å². The van der Waals surface area contributed by atoms with Crippen LogP contribution in [-0.2, 0) is 10.0 Å². The first kappa shape index (κ1) is 19.1. The van der Waals surface area contributed by atoms with Gasteiger partial charge in [-0.2, -0.15) is 0 Å². The SMILES string of the molecule is COc1ccc(C(=O)NCCN(c2ccc(Cl)cc2)S(C)(=O)=O)cc1. The number of hydrogen-bond donors (Lipinski definition) is 1. The molecule has 0 aliphatic heterocycles. The average molecular weight is 383 g/mol. The quantitative estimate of drug-likeness (QED) is 0.798. The molecule has 0 aliphatic rings. The molecule has 0 saturated heterocycles. The number of carbonyl (C=O) groups is 1. The van der Waals surface area contributed by atoms with E-state index in [4.69, 9.17) is 16.3 Å². The number of carbonyl (C=O) groups excluding carboxylic acids is 1. The number of hydrogen-bond acceptors (Lipinski definition) is 4. The number of sulfonamides is 1. The van der Waals surface area contributed by atoms with Gasteiger partial charge in [0.1, 0.15) is 5.75 Å². The van der Waals surface area contributed by atoms with Gasteiger partial charge in [0.2, 0.25) is 10.0 Å². The maximum atomic E-state index is 12.1. The summed E-state index contributed by atoms with van der Waals surface area (Å²) in [4.78, 5) is 12.1. The van der Waals surface area contributed by atoms with Gasteiger partial charge in [-0.1, -0.05) is 11.6 Å². The number of nitrogens with one attached hydrogen (secondary N) is 1. The van der Waals surface area contributed by atoms with Crippen LogP contribution in [0.1, 0.15) is 10.4 Å². The second-order valence-electron chi connectivity index (χ2n) is 5.30. The van der Waals surface area contributed by atoms with E-state index in [1.807, 2.05) is 0 Å². The predicted octanol–water partition coefficient (Wildman–Crippen LogP) is 2.54. The minimum Gasteiger partial charge on any atom is -0.497 e. The number of methoxy groups -OCH3 is 1. The summed E-state index contributed by atoms with van der Waals surface area (Å²) in [6, 6.07) is 13.1. The van der Waals surface area contributed by atoms with E-state index in [2.05, 4.69) is 5.32 Å². The van der Waals surface area contributed by atoms with Crippen molar-refractivity contribution >= 4 is 33.2 Å². The number of anilines is 1. The van der Waals surface area contributed by atoms with Crippen molar-refractivity contribution < 1.29 is 17.9 Å². The molecule has 1 N–H and O–H groups in total. The molecule has 2 rings (SSSR count). The molecular weight excluding hydrogens is 364 g/mol. The van der Waals surface area contributed by atoms with Gasteiger partial charge in [-0.25, -0.2) is 8.42 Å². The van der Waals surface area contributed by atoms with Crippen LogP contribution in [-0.4, -0.2) is 40.8 Å². The molecule has 0 aliphatic carbocycles. The highest BCUT2D eigenvalue weighted by Gasteiger charge is 2.17. The van der Waals surface area contributed by atoms with E-state index < -0.39 is 10.0 Å². The molecule has 2 aromatic carbocycles. The minimum absolute atomic E-state index is 0.113. The lowest BCUT2D eigenvalue weighted by atomic mass is 10.2. The third-order valence-corrected chi connectivity index (χ3v) is 4.91. The molecule has 0 atom stereocenters. The van der Waals surface area contributed by atoms with Crippen molar-refractivity contribution in [3.8, 4) is 5.75 Å². The first-order valence-corrected chi connectivity index (χ1v) is 9.69. The van der Waals surface area contributed by atoms with Crippen molar-refractivity contribution in [1.82, 2.24) is 5.32 Å². The van der Waals surface area contributed by atoms with Gasteiger partial charge in [-0.3, -0.25) is 9.10 Å². The molecule has 25 heavy (non-hydrogen) atoms.